The van der Waals surface area contributed by atoms with Gasteiger partial charge in [0, 0.05) is 37.6 Å². The minimum atomic E-state index is -3.59. The van der Waals surface area contributed by atoms with Crippen LogP contribution < -0.4 is 10.6 Å². The van der Waals surface area contributed by atoms with E-state index < -0.39 is 10.0 Å². The van der Waals surface area contributed by atoms with Crippen LogP contribution in [0.2, 0.25) is 0 Å². The molecule has 0 bridgehead atoms. The van der Waals surface area contributed by atoms with E-state index in [1.165, 1.54) is 22.3 Å². The number of hydrogen-bond acceptors (Lipinski definition) is 6. The Morgan fingerprint density at radius 3 is 2.38 bits per heavy atom. The lowest BCUT2D eigenvalue weighted by Gasteiger charge is -2.30. The summed E-state index contributed by atoms with van der Waals surface area (Å²) in [6.45, 7) is 0. The van der Waals surface area contributed by atoms with Crippen molar-refractivity contribution in [1.82, 2.24) is 14.6 Å². The molecule has 1 aliphatic carbocycles. The number of aromatic nitrogens is 1. The monoisotopic (exact) mass is 476 g/mol. The average molecular weight is 477 g/mol. The molecule has 0 atom stereocenters. The zero-order valence-electron chi connectivity index (χ0n) is 18.2. The van der Waals surface area contributed by atoms with E-state index in [1.54, 1.807) is 50.5 Å². The topological polar surface area (TPSA) is 108 Å². The molecule has 1 saturated carbocycles. The first kappa shape index (κ1) is 24.2. The van der Waals surface area contributed by atoms with Crippen molar-refractivity contribution in [2.24, 2.45) is 0 Å². The number of pyridine rings is 1. The number of carbonyl (C=O) groups excluding carboxylic acids is 2. The van der Waals surface area contributed by atoms with Crippen LogP contribution in [0, 0.1) is 0 Å². The Kier molecular flexibility index (Phi) is 8.27. The highest BCUT2D eigenvalue weighted by Gasteiger charge is 2.29. The van der Waals surface area contributed by atoms with E-state index in [9.17, 15) is 18.0 Å². The van der Waals surface area contributed by atoms with Crippen LogP contribution in [0.15, 0.2) is 52.5 Å². The second-order valence-corrected chi connectivity index (χ2v) is 10.6. The van der Waals surface area contributed by atoms with Crippen LogP contribution in [0.5, 0.6) is 0 Å². The number of amides is 2. The molecular weight excluding hydrogens is 448 g/mol. The maximum Gasteiger partial charge on any atom is 0.251 e. The molecule has 2 N–H and O–H groups in total. The van der Waals surface area contributed by atoms with Gasteiger partial charge >= 0.3 is 0 Å². The Balaban J connectivity index is 1.54. The molecule has 0 unspecified atom stereocenters. The summed E-state index contributed by atoms with van der Waals surface area (Å²) in [6, 6.07) is 9.79. The fourth-order valence-corrected chi connectivity index (χ4v) is 5.60. The molecule has 10 heteroatoms. The van der Waals surface area contributed by atoms with E-state index in [0.29, 0.717) is 16.3 Å². The first-order valence-electron chi connectivity index (χ1n) is 10.5. The van der Waals surface area contributed by atoms with Gasteiger partial charge in [-0.25, -0.2) is 13.4 Å². The van der Waals surface area contributed by atoms with Crippen molar-refractivity contribution in [1.29, 1.82) is 0 Å². The Hall–Kier alpha value is -2.43. The predicted octanol–water partition coefficient (Wildman–Crippen LogP) is 3.13. The molecule has 8 nitrogen and oxygen atoms in total. The fraction of sp³-hybridized carbons (Fsp3) is 0.409. The van der Waals surface area contributed by atoms with Gasteiger partial charge in [-0.15, -0.1) is 0 Å². The van der Waals surface area contributed by atoms with Crippen LogP contribution >= 0.6 is 11.8 Å². The number of sulfonamides is 1. The van der Waals surface area contributed by atoms with E-state index in [4.69, 9.17) is 0 Å². The molecule has 3 rings (SSSR count). The fourth-order valence-electron chi connectivity index (χ4n) is 3.60. The molecule has 2 amide bonds. The van der Waals surface area contributed by atoms with Crippen molar-refractivity contribution in [2.45, 2.75) is 48.1 Å². The van der Waals surface area contributed by atoms with Crippen LogP contribution in [-0.2, 0) is 14.8 Å². The number of nitrogens with one attached hydrogen (secondary N) is 2. The van der Waals surface area contributed by atoms with Gasteiger partial charge in [-0.2, -0.15) is 4.31 Å². The third-order valence-electron chi connectivity index (χ3n) is 5.48. The van der Waals surface area contributed by atoms with Crippen molar-refractivity contribution < 1.29 is 18.0 Å². The quantitative estimate of drug-likeness (QED) is 0.567. The minimum absolute atomic E-state index is 0.0388. The molecule has 1 aliphatic rings. The Bertz CT molecular complexity index is 1030. The van der Waals surface area contributed by atoms with Crippen molar-refractivity contribution >= 4 is 39.3 Å². The molecule has 172 valence electrons. The van der Waals surface area contributed by atoms with Crippen molar-refractivity contribution in [2.75, 3.05) is 25.2 Å². The number of carbonyl (C=O) groups is 2. The van der Waals surface area contributed by atoms with E-state index in [2.05, 4.69) is 15.6 Å². The van der Waals surface area contributed by atoms with Crippen LogP contribution in [0.3, 0.4) is 0 Å². The van der Waals surface area contributed by atoms with Crippen LogP contribution in [-0.4, -0.2) is 55.4 Å². The lowest BCUT2D eigenvalue weighted by Crippen LogP contribution is -2.38. The smallest absolute Gasteiger partial charge is 0.251 e. The van der Waals surface area contributed by atoms with Gasteiger partial charge in [0.1, 0.15) is 4.90 Å². The zero-order valence-corrected chi connectivity index (χ0v) is 19.8. The van der Waals surface area contributed by atoms with Gasteiger partial charge in [0.15, 0.2) is 0 Å². The molecule has 1 aromatic heterocycles. The van der Waals surface area contributed by atoms with Gasteiger partial charge in [0.25, 0.3) is 5.91 Å². The van der Waals surface area contributed by atoms with Gasteiger partial charge < -0.3 is 10.6 Å². The van der Waals surface area contributed by atoms with E-state index in [-0.39, 0.29) is 28.5 Å². The number of nitrogens with zero attached hydrogens (tertiary/aromatic N) is 2. The van der Waals surface area contributed by atoms with E-state index in [1.807, 2.05) is 0 Å². The molecule has 0 radical (unpaired) electrons. The number of anilines is 1. The van der Waals surface area contributed by atoms with Gasteiger partial charge in [-0.3, -0.25) is 9.59 Å². The number of hydrogen-bond donors (Lipinski definition) is 2. The first-order valence-corrected chi connectivity index (χ1v) is 12.9. The van der Waals surface area contributed by atoms with Gasteiger partial charge in [-0.05, 0) is 49.2 Å². The summed E-state index contributed by atoms with van der Waals surface area (Å²) >= 11 is 1.22. The van der Waals surface area contributed by atoms with Gasteiger partial charge in [0.2, 0.25) is 15.9 Å². The van der Waals surface area contributed by atoms with Crippen LogP contribution in [0.25, 0.3) is 0 Å². The van der Waals surface area contributed by atoms with Crippen LogP contribution in [0.1, 0.15) is 42.5 Å². The molecule has 0 spiro atoms. The summed E-state index contributed by atoms with van der Waals surface area (Å²) in [5, 5.41) is 5.86. The maximum absolute atomic E-state index is 12.9. The average Bonchev–Trinajstić information content (AvgIpc) is 2.83. The number of benzene rings is 1. The maximum atomic E-state index is 12.9. The highest BCUT2D eigenvalue weighted by molar-refractivity contribution is 7.99. The molecular formula is C22H28N4O4S2. The Labute approximate surface area is 193 Å². The predicted molar refractivity (Wildman–Crippen MR) is 125 cm³/mol. The minimum Gasteiger partial charge on any atom is -0.355 e. The largest absolute Gasteiger partial charge is 0.355 e. The first-order chi connectivity index (χ1) is 15.3. The molecule has 0 aliphatic heterocycles. The summed E-state index contributed by atoms with van der Waals surface area (Å²) in [5.41, 5.74) is 1.09. The molecule has 1 heterocycles. The molecule has 0 saturated heterocycles. The SMILES string of the molecule is CNC(=O)c1ccc(NC(=O)CSc2ccc(S(=O)(=O)N(C)C3CCCCC3)cn2)cc1. The standard InChI is InChI=1S/C22H28N4O4S2/c1-23-22(28)16-8-10-17(11-9-16)25-20(27)15-31-21-13-12-19(14-24-21)32(29,30)26(2)18-6-4-3-5-7-18/h8-14,18H,3-7,15H2,1-2H3,(H,23,28)(H,25,27). The second kappa shape index (κ2) is 10.9. The van der Waals surface area contributed by atoms with E-state index in [0.717, 1.165) is 32.1 Å². The van der Waals surface area contributed by atoms with Crippen LogP contribution in [0.4, 0.5) is 5.69 Å². The molecule has 32 heavy (non-hydrogen) atoms. The third-order valence-corrected chi connectivity index (χ3v) is 8.32. The summed E-state index contributed by atoms with van der Waals surface area (Å²) in [7, 11) is -0.391. The molecule has 1 fully saturated rings. The molecule has 1 aromatic carbocycles. The lowest BCUT2D eigenvalue weighted by atomic mass is 9.96. The van der Waals surface area contributed by atoms with Crippen molar-refractivity contribution in [3.63, 3.8) is 0 Å². The van der Waals surface area contributed by atoms with Gasteiger partial charge in [0.05, 0.1) is 10.8 Å². The summed E-state index contributed by atoms with van der Waals surface area (Å²) in [4.78, 5) is 28.2. The summed E-state index contributed by atoms with van der Waals surface area (Å²) < 4.78 is 27.2. The molecule has 2 aromatic rings. The Morgan fingerprint density at radius 2 is 1.78 bits per heavy atom. The number of thioether (sulfide) groups is 1. The highest BCUT2D eigenvalue weighted by Crippen LogP contribution is 2.27. The third kappa shape index (κ3) is 6.08. The lowest BCUT2D eigenvalue weighted by molar-refractivity contribution is -0.113. The zero-order chi connectivity index (χ0) is 23.1. The Morgan fingerprint density at radius 1 is 1.09 bits per heavy atom. The number of rotatable bonds is 8. The summed E-state index contributed by atoms with van der Waals surface area (Å²) in [5.74, 6) is -0.295. The summed E-state index contributed by atoms with van der Waals surface area (Å²) in [6.07, 6.45) is 6.40. The highest BCUT2D eigenvalue weighted by atomic mass is 32.2. The normalized spacial score (nSPS) is 14.8. The van der Waals surface area contributed by atoms with Crippen molar-refractivity contribution in [3.05, 3.63) is 48.2 Å². The van der Waals surface area contributed by atoms with Gasteiger partial charge in [-0.1, -0.05) is 31.0 Å². The van der Waals surface area contributed by atoms with E-state index >= 15 is 0 Å². The second-order valence-electron chi connectivity index (χ2n) is 7.64. The van der Waals surface area contributed by atoms with Crippen molar-refractivity contribution in [3.8, 4) is 0 Å².